The predicted molar refractivity (Wildman–Crippen MR) is 58.9 cm³/mol. The van der Waals surface area contributed by atoms with Crippen LogP contribution in [-0.2, 0) is 4.74 Å². The summed E-state index contributed by atoms with van der Waals surface area (Å²) in [7, 11) is 0. The molecule has 1 heterocycles. The van der Waals surface area contributed by atoms with Gasteiger partial charge in [0.25, 0.3) is 0 Å². The highest BCUT2D eigenvalue weighted by molar-refractivity contribution is 5.89. The second-order valence-electron chi connectivity index (χ2n) is 4.00. The van der Waals surface area contributed by atoms with E-state index in [-0.39, 0.29) is 6.10 Å². The van der Waals surface area contributed by atoms with Gasteiger partial charge in [0.15, 0.2) is 11.6 Å². The second kappa shape index (κ2) is 4.69. The Morgan fingerprint density at radius 3 is 2.82 bits per heavy atom. The first-order chi connectivity index (χ1) is 8.11. The molecule has 0 unspecified atom stereocenters. The summed E-state index contributed by atoms with van der Waals surface area (Å²) >= 11 is 0. The summed E-state index contributed by atoms with van der Waals surface area (Å²) in [5, 5.41) is 0. The summed E-state index contributed by atoms with van der Waals surface area (Å²) in [5.74, 6) is -1.89. The van der Waals surface area contributed by atoms with Crippen molar-refractivity contribution in [3.05, 3.63) is 29.8 Å². The van der Waals surface area contributed by atoms with Crippen LogP contribution in [0, 0.1) is 11.6 Å². The van der Waals surface area contributed by atoms with Crippen molar-refractivity contribution in [2.45, 2.75) is 25.9 Å². The molecule has 2 rings (SSSR count). The lowest BCUT2D eigenvalue weighted by molar-refractivity contribution is 0.136. The summed E-state index contributed by atoms with van der Waals surface area (Å²) in [6.45, 7) is 2.38. The highest BCUT2D eigenvalue weighted by Crippen LogP contribution is 2.24. The summed E-state index contributed by atoms with van der Waals surface area (Å²) in [5.41, 5.74) is 0.326. The van der Waals surface area contributed by atoms with Gasteiger partial charge in [-0.2, -0.15) is 0 Å². The van der Waals surface area contributed by atoms with E-state index < -0.39 is 17.7 Å². The molecular weight excluding hydrogens is 228 g/mol. The summed E-state index contributed by atoms with van der Waals surface area (Å²) in [6.07, 6.45) is 1.00. The molecule has 0 aliphatic carbocycles. The molecule has 1 atom stereocenters. The normalized spacial score (nSPS) is 19.6. The van der Waals surface area contributed by atoms with Gasteiger partial charge in [-0.05, 0) is 18.6 Å². The lowest BCUT2D eigenvalue weighted by Crippen LogP contribution is -2.24. The zero-order valence-electron chi connectivity index (χ0n) is 9.45. The number of rotatable bonds is 3. The van der Waals surface area contributed by atoms with Gasteiger partial charge in [-0.3, -0.25) is 4.90 Å². The lowest BCUT2D eigenvalue weighted by atomic mass is 10.2. The molecule has 3 nitrogen and oxygen atoms in total. The van der Waals surface area contributed by atoms with Gasteiger partial charge >= 0.3 is 6.09 Å². The zero-order valence-corrected chi connectivity index (χ0v) is 9.45. The topological polar surface area (TPSA) is 29.5 Å². The monoisotopic (exact) mass is 241 g/mol. The molecule has 0 bridgehead atoms. The molecule has 1 aliphatic heterocycles. The standard InChI is InChI=1S/C12H13F2NO2/c1-2-3-9-7-15(12(16)17-9)8-4-5-10(13)11(14)6-8/h4-6,9H,2-3,7H2,1H3/t9-/m0/s1. The van der Waals surface area contributed by atoms with Crippen molar-refractivity contribution >= 4 is 11.8 Å². The minimum absolute atomic E-state index is 0.166. The fourth-order valence-electron chi connectivity index (χ4n) is 1.86. The molecule has 0 radical (unpaired) electrons. The summed E-state index contributed by atoms with van der Waals surface area (Å²) in [6, 6.07) is 3.38. The van der Waals surface area contributed by atoms with Gasteiger partial charge in [0.1, 0.15) is 6.10 Å². The molecule has 1 aromatic carbocycles. The van der Waals surface area contributed by atoms with E-state index in [1.807, 2.05) is 6.92 Å². The molecule has 5 heteroatoms. The third kappa shape index (κ3) is 2.38. The van der Waals surface area contributed by atoms with Gasteiger partial charge in [0, 0.05) is 6.07 Å². The van der Waals surface area contributed by atoms with E-state index in [1.54, 1.807) is 0 Å². The third-order valence-corrected chi connectivity index (χ3v) is 2.70. The average molecular weight is 241 g/mol. The fourth-order valence-corrected chi connectivity index (χ4v) is 1.86. The number of carbonyl (C=O) groups is 1. The number of benzene rings is 1. The molecule has 1 fully saturated rings. The summed E-state index contributed by atoms with van der Waals surface area (Å²) in [4.78, 5) is 12.9. The van der Waals surface area contributed by atoms with E-state index in [0.717, 1.165) is 25.0 Å². The van der Waals surface area contributed by atoms with E-state index in [0.29, 0.717) is 12.2 Å². The van der Waals surface area contributed by atoms with Crippen LogP contribution in [0.1, 0.15) is 19.8 Å². The smallest absolute Gasteiger partial charge is 0.414 e. The van der Waals surface area contributed by atoms with Gasteiger partial charge in [-0.15, -0.1) is 0 Å². The third-order valence-electron chi connectivity index (χ3n) is 2.70. The second-order valence-corrected chi connectivity index (χ2v) is 4.00. The number of anilines is 1. The number of ether oxygens (including phenoxy) is 1. The summed E-state index contributed by atoms with van der Waals surface area (Å²) < 4.78 is 30.9. The first kappa shape index (κ1) is 11.8. The van der Waals surface area contributed by atoms with E-state index in [1.165, 1.54) is 11.0 Å². The number of hydrogen-bond acceptors (Lipinski definition) is 2. The first-order valence-corrected chi connectivity index (χ1v) is 5.55. The van der Waals surface area contributed by atoms with Gasteiger partial charge in [-0.1, -0.05) is 13.3 Å². The molecule has 1 amide bonds. The van der Waals surface area contributed by atoms with Gasteiger partial charge in [0.05, 0.1) is 12.2 Å². The Kier molecular flexibility index (Phi) is 3.26. The Morgan fingerprint density at radius 2 is 2.18 bits per heavy atom. The largest absolute Gasteiger partial charge is 0.444 e. The van der Waals surface area contributed by atoms with Crippen molar-refractivity contribution in [3.63, 3.8) is 0 Å². The maximum absolute atomic E-state index is 13.1. The van der Waals surface area contributed by atoms with E-state index in [2.05, 4.69) is 0 Å². The Bertz CT molecular complexity index is 437. The first-order valence-electron chi connectivity index (χ1n) is 5.55. The Labute approximate surface area is 98.0 Å². The number of nitrogens with zero attached hydrogens (tertiary/aromatic N) is 1. The number of halogens is 2. The SMILES string of the molecule is CCC[C@H]1CN(c2ccc(F)c(F)c2)C(=O)O1. The lowest BCUT2D eigenvalue weighted by Gasteiger charge is -2.12. The number of hydrogen-bond donors (Lipinski definition) is 0. The maximum Gasteiger partial charge on any atom is 0.414 e. The molecule has 1 aromatic rings. The van der Waals surface area contributed by atoms with Crippen LogP contribution in [0.25, 0.3) is 0 Å². The van der Waals surface area contributed by atoms with Crippen LogP contribution in [0.2, 0.25) is 0 Å². The quantitative estimate of drug-likeness (QED) is 0.813. The highest BCUT2D eigenvalue weighted by atomic mass is 19.2. The minimum Gasteiger partial charge on any atom is -0.444 e. The highest BCUT2D eigenvalue weighted by Gasteiger charge is 2.31. The molecule has 92 valence electrons. The van der Waals surface area contributed by atoms with Crippen LogP contribution in [0.15, 0.2) is 18.2 Å². The van der Waals surface area contributed by atoms with Crippen LogP contribution >= 0.6 is 0 Å². The fraction of sp³-hybridized carbons (Fsp3) is 0.417. The molecule has 1 saturated heterocycles. The van der Waals surface area contributed by atoms with Crippen LogP contribution in [0.3, 0.4) is 0 Å². The van der Waals surface area contributed by atoms with E-state index >= 15 is 0 Å². The Morgan fingerprint density at radius 1 is 1.41 bits per heavy atom. The number of carbonyl (C=O) groups excluding carboxylic acids is 1. The van der Waals surface area contributed by atoms with E-state index in [4.69, 9.17) is 4.74 Å². The average Bonchev–Trinajstić information content (AvgIpc) is 2.64. The molecule has 0 aromatic heterocycles. The van der Waals surface area contributed by atoms with Gasteiger partial charge < -0.3 is 4.74 Å². The zero-order chi connectivity index (χ0) is 12.4. The van der Waals surface area contributed by atoms with Gasteiger partial charge in [0.2, 0.25) is 0 Å². The minimum atomic E-state index is -0.964. The van der Waals surface area contributed by atoms with Crippen LogP contribution < -0.4 is 4.90 Å². The maximum atomic E-state index is 13.1. The molecule has 0 saturated carbocycles. The van der Waals surface area contributed by atoms with Crippen LogP contribution in [0.4, 0.5) is 19.3 Å². The molecular formula is C12H13F2NO2. The van der Waals surface area contributed by atoms with Crippen LogP contribution in [-0.4, -0.2) is 18.7 Å². The van der Waals surface area contributed by atoms with Gasteiger partial charge in [-0.25, -0.2) is 13.6 Å². The van der Waals surface area contributed by atoms with Crippen molar-refractivity contribution in [2.24, 2.45) is 0 Å². The van der Waals surface area contributed by atoms with Crippen molar-refractivity contribution in [1.82, 2.24) is 0 Å². The molecule has 0 N–H and O–H groups in total. The number of amides is 1. The van der Waals surface area contributed by atoms with Crippen molar-refractivity contribution < 1.29 is 18.3 Å². The molecule has 0 spiro atoms. The predicted octanol–water partition coefficient (Wildman–Crippen LogP) is 3.09. The van der Waals surface area contributed by atoms with Crippen LogP contribution in [0.5, 0.6) is 0 Å². The molecule has 1 aliphatic rings. The Hall–Kier alpha value is -1.65. The van der Waals surface area contributed by atoms with Crippen molar-refractivity contribution in [2.75, 3.05) is 11.4 Å². The molecule has 17 heavy (non-hydrogen) atoms. The van der Waals surface area contributed by atoms with Crippen molar-refractivity contribution in [3.8, 4) is 0 Å². The Balaban J connectivity index is 2.17. The van der Waals surface area contributed by atoms with E-state index in [9.17, 15) is 13.6 Å². The number of cyclic esters (lactones) is 1. The van der Waals surface area contributed by atoms with Crippen molar-refractivity contribution in [1.29, 1.82) is 0 Å².